The second-order valence-electron chi connectivity index (χ2n) is 7.69. The first-order chi connectivity index (χ1) is 16.8. The Kier molecular flexibility index (Phi) is 6.74. The predicted molar refractivity (Wildman–Crippen MR) is 141 cm³/mol. The number of anilines is 1. The molecule has 0 atom stereocenters. The highest BCUT2D eigenvalue weighted by Gasteiger charge is 2.05. The summed E-state index contributed by atoms with van der Waals surface area (Å²) in [5, 5.41) is 7.12. The molecule has 0 unspecified atom stereocenters. The Labute approximate surface area is 203 Å². The number of nitrogens with zero attached hydrogens (tertiary/aromatic N) is 2. The van der Waals surface area contributed by atoms with Crippen molar-refractivity contribution in [2.24, 2.45) is 5.10 Å². The van der Waals surface area contributed by atoms with E-state index in [1.807, 2.05) is 53.9 Å². The van der Waals surface area contributed by atoms with Gasteiger partial charge in [-0.25, -0.2) is 4.98 Å². The first kappa shape index (κ1) is 21.6. The lowest BCUT2D eigenvalue weighted by molar-refractivity contribution is 0.306. The number of benzene rings is 4. The van der Waals surface area contributed by atoms with Gasteiger partial charge in [-0.3, -0.25) is 5.43 Å². The number of rotatable bonds is 8. The smallest absolute Gasteiger partial charge is 0.203 e. The molecule has 0 bridgehead atoms. The molecule has 0 radical (unpaired) electrons. The van der Waals surface area contributed by atoms with Crippen LogP contribution < -0.4 is 10.2 Å². The van der Waals surface area contributed by atoms with E-state index in [4.69, 9.17) is 4.74 Å². The maximum atomic E-state index is 5.83. The van der Waals surface area contributed by atoms with E-state index in [1.54, 1.807) is 6.21 Å². The van der Waals surface area contributed by atoms with Gasteiger partial charge in [0.15, 0.2) is 0 Å². The number of hydrogen-bond acceptors (Lipinski definition) is 5. The third kappa shape index (κ3) is 5.57. The van der Waals surface area contributed by atoms with E-state index in [-0.39, 0.29) is 0 Å². The Balaban J connectivity index is 1.15. The maximum absolute atomic E-state index is 5.83. The van der Waals surface area contributed by atoms with E-state index in [1.165, 1.54) is 22.5 Å². The van der Waals surface area contributed by atoms with Gasteiger partial charge in [0, 0.05) is 10.9 Å². The van der Waals surface area contributed by atoms with Gasteiger partial charge in [-0.05, 0) is 46.5 Å². The Morgan fingerprint density at radius 1 is 0.735 bits per heavy atom. The van der Waals surface area contributed by atoms with Gasteiger partial charge in [-0.2, -0.15) is 5.10 Å². The van der Waals surface area contributed by atoms with Crippen LogP contribution in [0.25, 0.3) is 22.4 Å². The molecule has 1 aromatic heterocycles. The molecule has 0 amide bonds. The van der Waals surface area contributed by atoms with Crippen LogP contribution in [0.15, 0.2) is 120 Å². The fourth-order valence-electron chi connectivity index (χ4n) is 3.47. The summed E-state index contributed by atoms with van der Waals surface area (Å²) in [5.74, 6) is 0.830. The van der Waals surface area contributed by atoms with Crippen LogP contribution in [0.2, 0.25) is 0 Å². The normalized spacial score (nSPS) is 10.9. The first-order valence-electron chi connectivity index (χ1n) is 11.0. The zero-order valence-electron chi connectivity index (χ0n) is 18.5. The number of ether oxygens (including phenoxy) is 1. The van der Waals surface area contributed by atoms with Gasteiger partial charge in [0.1, 0.15) is 12.4 Å². The number of hydrazone groups is 1. The summed E-state index contributed by atoms with van der Waals surface area (Å²) in [7, 11) is 0. The van der Waals surface area contributed by atoms with E-state index in [0.717, 1.165) is 33.3 Å². The Hall–Kier alpha value is -4.22. The second-order valence-corrected chi connectivity index (χ2v) is 8.55. The molecule has 1 heterocycles. The zero-order chi connectivity index (χ0) is 23.0. The Morgan fingerprint density at radius 3 is 2.12 bits per heavy atom. The van der Waals surface area contributed by atoms with Gasteiger partial charge in [0.05, 0.1) is 11.9 Å². The molecule has 0 spiro atoms. The van der Waals surface area contributed by atoms with Crippen molar-refractivity contribution in [1.29, 1.82) is 0 Å². The van der Waals surface area contributed by atoms with Gasteiger partial charge < -0.3 is 4.74 Å². The minimum absolute atomic E-state index is 0.553. The highest BCUT2D eigenvalue weighted by molar-refractivity contribution is 7.14. The fourth-order valence-corrected chi connectivity index (χ4v) is 4.14. The number of aromatic nitrogens is 1. The van der Waals surface area contributed by atoms with Crippen LogP contribution in [0.3, 0.4) is 0 Å². The minimum Gasteiger partial charge on any atom is -0.489 e. The minimum atomic E-state index is 0.553. The van der Waals surface area contributed by atoms with Gasteiger partial charge in [0.25, 0.3) is 0 Å². The highest BCUT2D eigenvalue weighted by atomic mass is 32.1. The lowest BCUT2D eigenvalue weighted by Crippen LogP contribution is -1.95. The molecular formula is C29H23N3OS. The average Bonchev–Trinajstić information content (AvgIpc) is 3.38. The van der Waals surface area contributed by atoms with Crippen LogP contribution in [0.5, 0.6) is 5.75 Å². The summed E-state index contributed by atoms with van der Waals surface area (Å²) in [6.07, 6.45) is 1.77. The van der Waals surface area contributed by atoms with Crippen LogP contribution in [0.4, 0.5) is 5.13 Å². The molecule has 0 aliphatic heterocycles. The number of nitrogens with one attached hydrogen (secondary N) is 1. The zero-order valence-corrected chi connectivity index (χ0v) is 19.3. The molecule has 0 aliphatic carbocycles. The summed E-state index contributed by atoms with van der Waals surface area (Å²) in [4.78, 5) is 4.66. The molecule has 0 saturated carbocycles. The van der Waals surface area contributed by atoms with Gasteiger partial charge >= 0.3 is 0 Å². The number of thiazole rings is 1. The third-order valence-electron chi connectivity index (χ3n) is 5.29. The molecule has 34 heavy (non-hydrogen) atoms. The second kappa shape index (κ2) is 10.6. The van der Waals surface area contributed by atoms with Crippen molar-refractivity contribution in [1.82, 2.24) is 4.98 Å². The lowest BCUT2D eigenvalue weighted by Gasteiger charge is -2.06. The molecule has 0 saturated heterocycles. The van der Waals surface area contributed by atoms with Gasteiger partial charge in [-0.15, -0.1) is 11.3 Å². The van der Waals surface area contributed by atoms with E-state index >= 15 is 0 Å². The quantitative estimate of drug-likeness (QED) is 0.192. The SMILES string of the molecule is C(=N\Nc1nc(-c2ccc(-c3ccccc3)cc2)cs1)/c1ccc(OCc2ccccc2)cc1. The monoisotopic (exact) mass is 461 g/mol. The summed E-state index contributed by atoms with van der Waals surface area (Å²) in [5.41, 5.74) is 9.57. The van der Waals surface area contributed by atoms with Crippen LogP contribution in [-0.4, -0.2) is 11.2 Å². The molecule has 5 heteroatoms. The number of hydrogen-bond donors (Lipinski definition) is 1. The Morgan fingerprint density at radius 2 is 1.38 bits per heavy atom. The van der Waals surface area contributed by atoms with Crippen molar-refractivity contribution in [3.05, 3.63) is 126 Å². The molecular weight excluding hydrogens is 438 g/mol. The van der Waals surface area contributed by atoms with Gasteiger partial charge in [-0.1, -0.05) is 84.9 Å². The first-order valence-corrected chi connectivity index (χ1v) is 11.9. The topological polar surface area (TPSA) is 46.5 Å². The molecule has 5 rings (SSSR count). The van der Waals surface area contributed by atoms with Crippen molar-refractivity contribution >= 4 is 22.7 Å². The van der Waals surface area contributed by atoms with Crippen molar-refractivity contribution < 1.29 is 4.74 Å². The molecule has 4 nitrogen and oxygen atoms in total. The van der Waals surface area contributed by atoms with E-state index in [0.29, 0.717) is 6.61 Å². The highest BCUT2D eigenvalue weighted by Crippen LogP contribution is 2.27. The average molecular weight is 462 g/mol. The standard InChI is InChI=1S/C29H23N3OS/c1-3-7-23(8-4-1)20-33-27-17-11-22(12-18-27)19-30-32-29-31-28(21-34-29)26-15-13-25(14-16-26)24-9-5-2-6-10-24/h1-19,21H,20H2,(H,31,32)/b30-19+. The van der Waals surface area contributed by atoms with Crippen molar-refractivity contribution in [2.45, 2.75) is 6.61 Å². The molecule has 1 N–H and O–H groups in total. The van der Waals surface area contributed by atoms with Crippen molar-refractivity contribution in [2.75, 3.05) is 5.43 Å². The molecule has 166 valence electrons. The third-order valence-corrected chi connectivity index (χ3v) is 6.04. The van der Waals surface area contributed by atoms with E-state index in [9.17, 15) is 0 Å². The van der Waals surface area contributed by atoms with E-state index in [2.05, 4.69) is 76.2 Å². The van der Waals surface area contributed by atoms with Crippen LogP contribution in [-0.2, 0) is 6.61 Å². The maximum Gasteiger partial charge on any atom is 0.203 e. The molecule has 0 fully saturated rings. The molecule has 4 aromatic carbocycles. The van der Waals surface area contributed by atoms with Crippen LogP contribution in [0, 0.1) is 0 Å². The summed E-state index contributed by atoms with van der Waals surface area (Å²) < 4.78 is 5.83. The van der Waals surface area contributed by atoms with Crippen molar-refractivity contribution in [3.63, 3.8) is 0 Å². The summed E-state index contributed by atoms with van der Waals surface area (Å²) >= 11 is 1.53. The Bertz CT molecular complexity index is 1350. The fraction of sp³-hybridized carbons (Fsp3) is 0.0345. The largest absolute Gasteiger partial charge is 0.489 e. The van der Waals surface area contributed by atoms with Crippen LogP contribution >= 0.6 is 11.3 Å². The predicted octanol–water partition coefficient (Wildman–Crippen LogP) is 7.50. The summed E-state index contributed by atoms with van der Waals surface area (Å²) in [6, 6.07) is 36.8. The van der Waals surface area contributed by atoms with Crippen LogP contribution in [0.1, 0.15) is 11.1 Å². The molecule has 0 aliphatic rings. The van der Waals surface area contributed by atoms with E-state index < -0.39 is 0 Å². The van der Waals surface area contributed by atoms with Gasteiger partial charge in [0.2, 0.25) is 5.13 Å². The molecule has 5 aromatic rings. The van der Waals surface area contributed by atoms with Crippen molar-refractivity contribution in [3.8, 4) is 28.1 Å². The summed E-state index contributed by atoms with van der Waals surface area (Å²) in [6.45, 7) is 0.553. The lowest BCUT2D eigenvalue weighted by atomic mass is 10.0.